The quantitative estimate of drug-likeness (QED) is 0.944. The average molecular weight is 309 g/mol. The third-order valence-electron chi connectivity index (χ3n) is 3.90. The summed E-state index contributed by atoms with van der Waals surface area (Å²) in [4.78, 5) is 8.54. The molecule has 3 rings (SSSR count). The van der Waals surface area contributed by atoms with Gasteiger partial charge in [0, 0.05) is 18.8 Å². The highest BCUT2D eigenvalue weighted by Crippen LogP contribution is 2.29. The molecule has 0 bridgehead atoms. The number of aromatic nitrogens is 3. The molecule has 96 valence electrons. The van der Waals surface area contributed by atoms with Crippen LogP contribution in [0.5, 0.6) is 0 Å². The fourth-order valence-corrected chi connectivity index (χ4v) is 2.73. The molecule has 0 aromatic carbocycles. The largest absolute Gasteiger partial charge is 0.308 e. The minimum Gasteiger partial charge on any atom is -0.308 e. The number of nitrogens with one attached hydrogen (secondary N) is 1. The van der Waals surface area contributed by atoms with Crippen molar-refractivity contribution in [2.75, 3.05) is 0 Å². The Labute approximate surface area is 115 Å². The highest BCUT2D eigenvalue weighted by Gasteiger charge is 2.23. The molecule has 1 aliphatic carbocycles. The average Bonchev–Trinajstić information content (AvgIpc) is 2.66. The summed E-state index contributed by atoms with van der Waals surface area (Å²) in [7, 11) is 0. The zero-order valence-corrected chi connectivity index (χ0v) is 12.0. The van der Waals surface area contributed by atoms with E-state index in [0.717, 1.165) is 22.7 Å². The van der Waals surface area contributed by atoms with Crippen LogP contribution in [0.4, 0.5) is 0 Å². The molecule has 4 nitrogen and oxygen atoms in total. The minimum atomic E-state index is 0.592. The molecule has 1 fully saturated rings. The minimum absolute atomic E-state index is 0.592. The van der Waals surface area contributed by atoms with Gasteiger partial charge in [-0.05, 0) is 41.6 Å². The Hall–Kier alpha value is -0.940. The molecule has 2 aromatic rings. The maximum Gasteiger partial charge on any atom is 0.155 e. The topological polar surface area (TPSA) is 42.2 Å². The molecule has 1 saturated carbocycles. The van der Waals surface area contributed by atoms with Gasteiger partial charge in [-0.2, -0.15) is 0 Å². The van der Waals surface area contributed by atoms with Crippen LogP contribution in [0.25, 0.3) is 5.65 Å². The lowest BCUT2D eigenvalue weighted by molar-refractivity contribution is 0.239. The number of hydrogen-bond donors (Lipinski definition) is 1. The van der Waals surface area contributed by atoms with E-state index in [1.807, 2.05) is 12.4 Å². The van der Waals surface area contributed by atoms with Crippen molar-refractivity contribution in [3.05, 3.63) is 28.9 Å². The van der Waals surface area contributed by atoms with Crippen LogP contribution in [0.2, 0.25) is 0 Å². The van der Waals surface area contributed by atoms with Gasteiger partial charge in [0.2, 0.25) is 0 Å². The van der Waals surface area contributed by atoms with Gasteiger partial charge >= 0.3 is 0 Å². The summed E-state index contributed by atoms with van der Waals surface area (Å²) >= 11 is 3.39. The van der Waals surface area contributed by atoms with Gasteiger partial charge in [0.25, 0.3) is 0 Å². The van der Waals surface area contributed by atoms with E-state index in [1.54, 1.807) is 6.20 Å². The fraction of sp³-hybridized carbons (Fsp3) is 0.538. The summed E-state index contributed by atoms with van der Waals surface area (Å²) in [5.74, 6) is 0.859. The summed E-state index contributed by atoms with van der Waals surface area (Å²) in [6.45, 7) is 3.14. The Kier molecular flexibility index (Phi) is 3.35. The summed E-state index contributed by atoms with van der Waals surface area (Å²) in [6.07, 6.45) is 9.80. The van der Waals surface area contributed by atoms with Crippen LogP contribution in [0, 0.1) is 5.92 Å². The van der Waals surface area contributed by atoms with Gasteiger partial charge in [-0.3, -0.25) is 4.40 Å². The maximum atomic E-state index is 4.36. The van der Waals surface area contributed by atoms with Crippen LogP contribution in [0.15, 0.2) is 23.2 Å². The summed E-state index contributed by atoms with van der Waals surface area (Å²) < 4.78 is 2.92. The molecule has 1 N–H and O–H groups in total. The van der Waals surface area contributed by atoms with Crippen LogP contribution in [0.3, 0.4) is 0 Å². The second kappa shape index (κ2) is 4.97. The third-order valence-corrected chi connectivity index (χ3v) is 4.31. The zero-order chi connectivity index (χ0) is 12.5. The van der Waals surface area contributed by atoms with Crippen LogP contribution in [-0.2, 0) is 6.54 Å². The van der Waals surface area contributed by atoms with Gasteiger partial charge in [-0.15, -0.1) is 0 Å². The molecule has 2 aromatic heterocycles. The Morgan fingerprint density at radius 1 is 1.44 bits per heavy atom. The Morgan fingerprint density at radius 2 is 2.28 bits per heavy atom. The van der Waals surface area contributed by atoms with E-state index in [1.165, 1.54) is 25.0 Å². The molecule has 0 aliphatic heterocycles. The van der Waals surface area contributed by atoms with E-state index in [4.69, 9.17) is 0 Å². The predicted octanol–water partition coefficient (Wildman–Crippen LogP) is 2.77. The molecule has 18 heavy (non-hydrogen) atoms. The van der Waals surface area contributed by atoms with Crippen LogP contribution < -0.4 is 5.32 Å². The molecular formula is C13H17BrN4. The molecule has 2 heterocycles. The van der Waals surface area contributed by atoms with E-state index in [2.05, 4.69) is 42.5 Å². The van der Waals surface area contributed by atoms with Crippen molar-refractivity contribution in [3.63, 3.8) is 0 Å². The number of halogens is 1. The number of imidazole rings is 1. The second-order valence-electron chi connectivity index (χ2n) is 5.05. The highest BCUT2D eigenvalue weighted by molar-refractivity contribution is 9.10. The van der Waals surface area contributed by atoms with Crippen molar-refractivity contribution in [1.29, 1.82) is 0 Å². The molecule has 1 atom stereocenters. The van der Waals surface area contributed by atoms with Crippen molar-refractivity contribution < 1.29 is 0 Å². The predicted molar refractivity (Wildman–Crippen MR) is 74.3 cm³/mol. The standard InChI is InChI=1S/C13H17BrN4/c1-9(10-3-2-4-10)15-5-11-6-17-13-7-16-12(14)8-18(11)13/h6-10,15H,2-5H2,1H3. The van der Waals surface area contributed by atoms with Crippen LogP contribution in [-0.4, -0.2) is 20.4 Å². The van der Waals surface area contributed by atoms with Crippen LogP contribution >= 0.6 is 15.9 Å². The first kappa shape index (κ1) is 12.1. The Morgan fingerprint density at radius 3 is 3.00 bits per heavy atom. The van der Waals surface area contributed by atoms with Gasteiger partial charge in [0.1, 0.15) is 4.60 Å². The third kappa shape index (κ3) is 2.29. The van der Waals surface area contributed by atoms with Gasteiger partial charge in [0.15, 0.2) is 5.65 Å². The maximum absolute atomic E-state index is 4.36. The highest BCUT2D eigenvalue weighted by atomic mass is 79.9. The van der Waals surface area contributed by atoms with E-state index >= 15 is 0 Å². The first-order valence-electron chi connectivity index (χ1n) is 6.45. The molecule has 0 saturated heterocycles. The Bertz CT molecular complexity index is 547. The van der Waals surface area contributed by atoms with Crippen molar-refractivity contribution >= 4 is 21.6 Å². The lowest BCUT2D eigenvalue weighted by atomic mass is 9.80. The number of fused-ring (bicyclic) bond motifs is 1. The molecule has 5 heteroatoms. The molecule has 1 aliphatic rings. The monoisotopic (exact) mass is 308 g/mol. The van der Waals surface area contributed by atoms with Crippen LogP contribution in [0.1, 0.15) is 31.9 Å². The molecule has 0 radical (unpaired) electrons. The van der Waals surface area contributed by atoms with E-state index in [9.17, 15) is 0 Å². The number of rotatable bonds is 4. The SMILES string of the molecule is CC(NCc1cnc2cnc(Br)cn12)C1CCC1. The number of hydrogen-bond acceptors (Lipinski definition) is 3. The van der Waals surface area contributed by atoms with Crippen molar-refractivity contribution in [2.24, 2.45) is 5.92 Å². The molecule has 1 unspecified atom stereocenters. The van der Waals surface area contributed by atoms with Gasteiger partial charge in [-0.1, -0.05) is 6.42 Å². The van der Waals surface area contributed by atoms with E-state index < -0.39 is 0 Å². The second-order valence-corrected chi connectivity index (χ2v) is 5.86. The number of nitrogens with zero attached hydrogens (tertiary/aromatic N) is 3. The van der Waals surface area contributed by atoms with Gasteiger partial charge in [-0.25, -0.2) is 9.97 Å². The molecule has 0 amide bonds. The van der Waals surface area contributed by atoms with E-state index in [-0.39, 0.29) is 0 Å². The van der Waals surface area contributed by atoms with Gasteiger partial charge in [0.05, 0.1) is 18.1 Å². The molecule has 0 spiro atoms. The summed E-state index contributed by atoms with van der Waals surface area (Å²) in [5, 5.41) is 3.60. The molecular weight excluding hydrogens is 292 g/mol. The normalized spacial score (nSPS) is 17.9. The smallest absolute Gasteiger partial charge is 0.155 e. The van der Waals surface area contributed by atoms with Crippen molar-refractivity contribution in [3.8, 4) is 0 Å². The summed E-state index contributed by atoms with van der Waals surface area (Å²) in [6, 6.07) is 0.592. The Balaban J connectivity index is 1.72. The van der Waals surface area contributed by atoms with Gasteiger partial charge < -0.3 is 5.32 Å². The van der Waals surface area contributed by atoms with E-state index in [0.29, 0.717) is 6.04 Å². The summed E-state index contributed by atoms with van der Waals surface area (Å²) in [5.41, 5.74) is 2.07. The van der Waals surface area contributed by atoms with Crippen molar-refractivity contribution in [1.82, 2.24) is 19.7 Å². The lowest BCUT2D eigenvalue weighted by Crippen LogP contribution is -2.36. The van der Waals surface area contributed by atoms with Crippen molar-refractivity contribution in [2.45, 2.75) is 38.8 Å². The first-order chi connectivity index (χ1) is 8.74. The lowest BCUT2D eigenvalue weighted by Gasteiger charge is -2.32. The first-order valence-corrected chi connectivity index (χ1v) is 7.24. The fourth-order valence-electron chi connectivity index (χ4n) is 2.42. The zero-order valence-electron chi connectivity index (χ0n) is 10.4.